The maximum Gasteiger partial charge on any atom is 0.414 e. The second-order valence-corrected chi connectivity index (χ2v) is 8.00. The summed E-state index contributed by atoms with van der Waals surface area (Å²) in [5.41, 5.74) is -0.192. The summed E-state index contributed by atoms with van der Waals surface area (Å²) in [6.45, 7) is 8.06. The highest BCUT2D eigenvalue weighted by atomic mass is 19.2. The first kappa shape index (κ1) is 23.0. The molecule has 0 spiro atoms. The van der Waals surface area contributed by atoms with E-state index in [4.69, 9.17) is 10.1 Å². The molecule has 1 unspecified atom stereocenters. The standard InChI is InChI=1S/C21H23F3N6O2/c1-12-7-27-17(18(6-25)30-10-21(3,9-26)11-32-20(30)31)8-29(12)13(2)28-14-4-15(22)19(24)16(23)5-14/h4-6,12,25,27-28H,2,7-8,10-11H2,1,3H3/b18-17+,25-6?/t12-,21?/m0/s1. The number of rotatable bonds is 5. The quantitative estimate of drug-likeness (QED) is 0.472. The van der Waals surface area contributed by atoms with E-state index in [1.165, 1.54) is 4.90 Å². The molecule has 3 rings (SSSR count). The van der Waals surface area contributed by atoms with Crippen molar-refractivity contribution in [2.75, 3.05) is 31.6 Å². The fourth-order valence-electron chi connectivity index (χ4n) is 3.50. The summed E-state index contributed by atoms with van der Waals surface area (Å²) < 4.78 is 45.4. The zero-order valence-electron chi connectivity index (χ0n) is 17.6. The molecular formula is C21H23F3N6O2. The van der Waals surface area contributed by atoms with Crippen LogP contribution in [-0.4, -0.2) is 54.4 Å². The SMILES string of the molecule is C=C(Nc1cc(F)c(F)c(F)c1)N1C/C(=C(/C=N)N2CC(C)(C#N)COC2=O)NC[C@@H]1C. The molecule has 2 aliphatic rings. The van der Waals surface area contributed by atoms with Gasteiger partial charge in [-0.2, -0.15) is 5.26 Å². The van der Waals surface area contributed by atoms with Gasteiger partial charge in [-0.25, -0.2) is 18.0 Å². The van der Waals surface area contributed by atoms with Crippen molar-refractivity contribution >= 4 is 18.0 Å². The molecule has 1 amide bonds. The molecule has 1 aromatic carbocycles. The molecule has 170 valence electrons. The smallest absolute Gasteiger partial charge is 0.414 e. The molecule has 2 saturated heterocycles. The number of allylic oxidation sites excluding steroid dienone is 1. The van der Waals surface area contributed by atoms with Gasteiger partial charge in [0, 0.05) is 36.6 Å². The predicted molar refractivity (Wildman–Crippen MR) is 111 cm³/mol. The number of benzene rings is 1. The minimum Gasteiger partial charge on any atom is -0.447 e. The average Bonchev–Trinajstić information content (AvgIpc) is 2.76. The molecule has 11 heteroatoms. The van der Waals surface area contributed by atoms with Crippen LogP contribution < -0.4 is 10.6 Å². The Labute approximate surface area is 183 Å². The first-order valence-corrected chi connectivity index (χ1v) is 9.78. The second kappa shape index (κ2) is 8.82. The Morgan fingerprint density at radius 3 is 2.69 bits per heavy atom. The van der Waals surface area contributed by atoms with E-state index in [1.54, 1.807) is 11.8 Å². The molecule has 3 N–H and O–H groups in total. The first-order valence-electron chi connectivity index (χ1n) is 9.78. The van der Waals surface area contributed by atoms with E-state index >= 15 is 0 Å². The molecule has 0 saturated carbocycles. The van der Waals surface area contributed by atoms with Gasteiger partial charge in [-0.15, -0.1) is 0 Å². The van der Waals surface area contributed by atoms with Crippen molar-refractivity contribution in [3.63, 3.8) is 0 Å². The fourth-order valence-corrected chi connectivity index (χ4v) is 3.50. The molecule has 1 aromatic rings. The van der Waals surface area contributed by atoms with Gasteiger partial charge in [0.05, 0.1) is 36.4 Å². The molecule has 8 nitrogen and oxygen atoms in total. The van der Waals surface area contributed by atoms with Crippen LogP contribution in [0.4, 0.5) is 23.7 Å². The summed E-state index contributed by atoms with van der Waals surface area (Å²) in [5, 5.41) is 23.2. The van der Waals surface area contributed by atoms with Crippen LogP contribution in [0.5, 0.6) is 0 Å². The third-order valence-corrected chi connectivity index (χ3v) is 5.34. The van der Waals surface area contributed by atoms with Crippen LogP contribution in [-0.2, 0) is 4.74 Å². The van der Waals surface area contributed by atoms with Crippen molar-refractivity contribution in [1.82, 2.24) is 15.1 Å². The fraction of sp³-hybridized carbons (Fsp3) is 0.381. The molecule has 2 fully saturated rings. The van der Waals surface area contributed by atoms with Crippen molar-refractivity contribution in [2.45, 2.75) is 19.9 Å². The van der Waals surface area contributed by atoms with E-state index in [0.29, 0.717) is 12.2 Å². The molecule has 32 heavy (non-hydrogen) atoms. The molecule has 2 aliphatic heterocycles. The zero-order valence-corrected chi connectivity index (χ0v) is 17.6. The van der Waals surface area contributed by atoms with Crippen LogP contribution in [0.3, 0.4) is 0 Å². The topological polar surface area (TPSA) is 104 Å². The van der Waals surface area contributed by atoms with Gasteiger partial charge in [-0.1, -0.05) is 6.58 Å². The molecule has 2 heterocycles. The summed E-state index contributed by atoms with van der Waals surface area (Å²) in [6, 6.07) is 3.66. The highest BCUT2D eigenvalue weighted by Gasteiger charge is 2.39. The van der Waals surface area contributed by atoms with E-state index in [2.05, 4.69) is 23.3 Å². The van der Waals surface area contributed by atoms with Crippen molar-refractivity contribution in [3.8, 4) is 6.07 Å². The van der Waals surface area contributed by atoms with Gasteiger partial charge in [0.1, 0.15) is 12.0 Å². The van der Waals surface area contributed by atoms with Gasteiger partial charge in [-0.3, -0.25) is 4.90 Å². The van der Waals surface area contributed by atoms with Gasteiger partial charge >= 0.3 is 6.09 Å². The van der Waals surface area contributed by atoms with E-state index < -0.39 is 29.0 Å². The Morgan fingerprint density at radius 2 is 2.09 bits per heavy atom. The second-order valence-electron chi connectivity index (χ2n) is 8.00. The number of nitriles is 1. The van der Waals surface area contributed by atoms with Crippen LogP contribution in [0.1, 0.15) is 13.8 Å². The molecule has 0 radical (unpaired) electrons. The van der Waals surface area contributed by atoms with Gasteiger partial charge < -0.3 is 25.7 Å². The summed E-state index contributed by atoms with van der Waals surface area (Å²) in [7, 11) is 0. The minimum absolute atomic E-state index is 0.0145. The lowest BCUT2D eigenvalue weighted by Crippen LogP contribution is -2.52. The normalized spacial score (nSPS) is 24.8. The maximum absolute atomic E-state index is 13.5. The monoisotopic (exact) mass is 448 g/mol. The maximum atomic E-state index is 13.5. The number of ether oxygens (including phenoxy) is 1. The van der Waals surface area contributed by atoms with Crippen LogP contribution in [0.15, 0.2) is 35.9 Å². The number of amides is 1. The summed E-state index contributed by atoms with van der Waals surface area (Å²) >= 11 is 0. The number of piperazine rings is 1. The lowest BCUT2D eigenvalue weighted by Gasteiger charge is -2.41. The third kappa shape index (κ3) is 4.49. The number of cyclic esters (lactones) is 1. The Hall–Kier alpha value is -3.68. The lowest BCUT2D eigenvalue weighted by molar-refractivity contribution is 0.0386. The Balaban J connectivity index is 1.85. The van der Waals surface area contributed by atoms with Crippen molar-refractivity contribution in [2.24, 2.45) is 5.41 Å². The predicted octanol–water partition coefficient (Wildman–Crippen LogP) is 3.12. The Morgan fingerprint density at radius 1 is 1.44 bits per heavy atom. The van der Waals surface area contributed by atoms with Gasteiger partial charge in [0.15, 0.2) is 17.5 Å². The lowest BCUT2D eigenvalue weighted by atomic mass is 9.92. The largest absolute Gasteiger partial charge is 0.447 e. The number of hydrogen-bond acceptors (Lipinski definition) is 7. The van der Waals surface area contributed by atoms with Crippen LogP contribution in [0, 0.1) is 39.6 Å². The number of nitrogens with one attached hydrogen (secondary N) is 3. The molecule has 0 aromatic heterocycles. The van der Waals surface area contributed by atoms with Crippen molar-refractivity contribution in [1.29, 1.82) is 10.7 Å². The number of carbonyl (C=O) groups excluding carboxylic acids is 1. The summed E-state index contributed by atoms with van der Waals surface area (Å²) in [4.78, 5) is 15.3. The molecule has 0 aliphatic carbocycles. The summed E-state index contributed by atoms with van der Waals surface area (Å²) in [6.07, 6.45) is 0.340. The van der Waals surface area contributed by atoms with Gasteiger partial charge in [-0.05, 0) is 13.8 Å². The van der Waals surface area contributed by atoms with Crippen molar-refractivity contribution < 1.29 is 22.7 Å². The van der Waals surface area contributed by atoms with Crippen molar-refractivity contribution in [3.05, 3.63) is 53.4 Å². The number of hydrogen-bond donors (Lipinski definition) is 3. The summed E-state index contributed by atoms with van der Waals surface area (Å²) in [5.74, 6) is -3.93. The minimum atomic E-state index is -1.56. The third-order valence-electron chi connectivity index (χ3n) is 5.34. The first-order chi connectivity index (χ1) is 15.1. The molecule has 2 atom stereocenters. The van der Waals surface area contributed by atoms with E-state index in [-0.39, 0.29) is 42.9 Å². The Bertz CT molecular complexity index is 1010. The van der Waals surface area contributed by atoms with E-state index in [0.717, 1.165) is 18.3 Å². The van der Waals surface area contributed by atoms with E-state index in [1.807, 2.05) is 6.92 Å². The van der Waals surface area contributed by atoms with Gasteiger partial charge in [0.2, 0.25) is 0 Å². The number of nitrogens with zero attached hydrogens (tertiary/aromatic N) is 3. The zero-order chi connectivity index (χ0) is 23.6. The highest BCUT2D eigenvalue weighted by molar-refractivity contribution is 5.85. The van der Waals surface area contributed by atoms with Crippen LogP contribution >= 0.6 is 0 Å². The number of carbonyl (C=O) groups is 1. The number of halogens is 3. The highest BCUT2D eigenvalue weighted by Crippen LogP contribution is 2.28. The van der Waals surface area contributed by atoms with Crippen LogP contribution in [0.2, 0.25) is 0 Å². The Kier molecular flexibility index (Phi) is 6.34. The average molecular weight is 448 g/mol. The van der Waals surface area contributed by atoms with Crippen LogP contribution in [0.25, 0.3) is 0 Å². The van der Waals surface area contributed by atoms with E-state index in [9.17, 15) is 23.2 Å². The molecule has 0 bridgehead atoms. The van der Waals surface area contributed by atoms with Gasteiger partial charge in [0.25, 0.3) is 0 Å². The number of anilines is 1. The molecular weight excluding hydrogens is 425 g/mol.